The van der Waals surface area contributed by atoms with E-state index in [2.05, 4.69) is 104 Å². The van der Waals surface area contributed by atoms with E-state index < -0.39 is 0 Å². The molecular formula is C26H44Ga2S2. The summed E-state index contributed by atoms with van der Waals surface area (Å²) < 4.78 is 1.02. The summed E-state index contributed by atoms with van der Waals surface area (Å²) in [6.07, 6.45) is 2.51. The Morgan fingerprint density at radius 2 is 1.23 bits per heavy atom. The van der Waals surface area contributed by atoms with Crippen molar-refractivity contribution in [3.8, 4) is 9.75 Å². The molecule has 0 saturated heterocycles. The predicted molar refractivity (Wildman–Crippen MR) is 147 cm³/mol. The van der Waals surface area contributed by atoms with Crippen molar-refractivity contribution in [3.05, 3.63) is 33.0 Å². The van der Waals surface area contributed by atoms with Gasteiger partial charge in [-0.25, -0.2) is 0 Å². The van der Waals surface area contributed by atoms with Gasteiger partial charge in [0.15, 0.2) is 0 Å². The van der Waals surface area contributed by atoms with E-state index in [9.17, 15) is 0 Å². The second-order valence-electron chi connectivity index (χ2n) is 12.0. The quantitative estimate of drug-likeness (QED) is 0.276. The summed E-state index contributed by atoms with van der Waals surface area (Å²) in [7, 11) is 0. The Morgan fingerprint density at radius 1 is 0.733 bits per heavy atom. The molecule has 2 aromatic heterocycles. The van der Waals surface area contributed by atoms with E-state index in [0.717, 1.165) is 49.0 Å². The number of thiophene rings is 2. The summed E-state index contributed by atoms with van der Waals surface area (Å²) >= 11 is 5.82. The van der Waals surface area contributed by atoms with Crippen LogP contribution in [0.3, 0.4) is 0 Å². The van der Waals surface area contributed by atoms with Gasteiger partial charge in [0, 0.05) is 0 Å². The average Bonchev–Trinajstić information content (AvgIpc) is 3.18. The molecular weight excluding hydrogens is 516 g/mol. The van der Waals surface area contributed by atoms with Gasteiger partial charge in [0.2, 0.25) is 0 Å². The maximum atomic E-state index is 2.59. The van der Waals surface area contributed by atoms with Crippen molar-refractivity contribution in [2.75, 3.05) is 0 Å². The van der Waals surface area contributed by atoms with Crippen LogP contribution in [0.5, 0.6) is 0 Å². The van der Waals surface area contributed by atoms with Gasteiger partial charge in [-0.05, 0) is 0 Å². The topological polar surface area (TPSA) is 0 Å². The van der Waals surface area contributed by atoms with Gasteiger partial charge in [0.1, 0.15) is 0 Å². The third-order valence-electron chi connectivity index (χ3n) is 7.41. The molecule has 0 aliphatic heterocycles. The molecule has 0 fully saturated rings. The third-order valence-corrected chi connectivity index (χ3v) is 16.9. The molecule has 30 heavy (non-hydrogen) atoms. The zero-order valence-electron chi connectivity index (χ0n) is 21.7. The fourth-order valence-corrected chi connectivity index (χ4v) is 7.75. The van der Waals surface area contributed by atoms with Crippen LogP contribution in [0.15, 0.2) is 12.1 Å². The number of rotatable bonds is 9. The van der Waals surface area contributed by atoms with E-state index in [1.165, 1.54) is 12.8 Å². The fourth-order valence-electron chi connectivity index (χ4n) is 3.65. The molecule has 2 heterocycles. The SMILES string of the molecule is CC(C)c1cc(C[C](C)([GaH2])C(C)C)c(-c2cc(C[C](C)([GaH2])C(C)C)c(C(C)C)s2)s1. The van der Waals surface area contributed by atoms with Gasteiger partial charge in [0.25, 0.3) is 0 Å². The molecule has 0 amide bonds. The molecule has 0 N–H and O–H groups in total. The van der Waals surface area contributed by atoms with Gasteiger partial charge in [-0.2, -0.15) is 0 Å². The van der Waals surface area contributed by atoms with Gasteiger partial charge >= 0.3 is 216 Å². The van der Waals surface area contributed by atoms with Gasteiger partial charge in [0.05, 0.1) is 0 Å². The molecule has 0 aliphatic carbocycles. The Morgan fingerprint density at radius 3 is 1.67 bits per heavy atom. The first-order chi connectivity index (χ1) is 13.7. The maximum absolute atomic E-state index is 2.59. The average molecular weight is 560 g/mol. The van der Waals surface area contributed by atoms with E-state index in [0.29, 0.717) is 19.8 Å². The minimum absolute atomic E-state index is 0.505. The third kappa shape index (κ3) is 6.38. The molecule has 2 rings (SSSR count). The first kappa shape index (κ1) is 26.9. The molecule has 0 nitrogen and oxygen atoms in total. The van der Waals surface area contributed by atoms with Crippen LogP contribution >= 0.6 is 22.7 Å². The molecule has 0 aliphatic rings. The second-order valence-corrected chi connectivity index (χ2v) is 23.7. The molecule has 2 atom stereocenters. The van der Waals surface area contributed by atoms with E-state index in [1.54, 1.807) is 30.6 Å². The fraction of sp³-hybridized carbons (Fsp3) is 0.692. The summed E-state index contributed by atoms with van der Waals surface area (Å²) in [6.45, 7) is 24.2. The van der Waals surface area contributed by atoms with Crippen LogP contribution in [0, 0.1) is 11.8 Å². The van der Waals surface area contributed by atoms with Gasteiger partial charge in [-0.1, -0.05) is 0 Å². The molecule has 0 radical (unpaired) electrons. The zero-order chi connectivity index (χ0) is 23.0. The molecule has 2 unspecified atom stereocenters. The second kappa shape index (κ2) is 10.3. The number of hydrogen-bond acceptors (Lipinski definition) is 2. The van der Waals surface area contributed by atoms with Crippen LogP contribution in [-0.2, 0) is 12.8 Å². The van der Waals surface area contributed by atoms with E-state index in [1.807, 2.05) is 0 Å². The van der Waals surface area contributed by atoms with Crippen LogP contribution in [0.25, 0.3) is 9.75 Å². The van der Waals surface area contributed by atoms with Crippen molar-refractivity contribution in [2.24, 2.45) is 11.8 Å². The Labute approximate surface area is 214 Å². The summed E-state index contributed by atoms with van der Waals surface area (Å²) in [5.41, 5.74) is 3.26. The van der Waals surface area contributed by atoms with Crippen LogP contribution < -0.4 is 0 Å². The predicted octanol–water partition coefficient (Wildman–Crippen LogP) is 7.74. The van der Waals surface area contributed by atoms with Crippen LogP contribution in [0.2, 0.25) is 7.94 Å². The summed E-state index contributed by atoms with van der Waals surface area (Å²) in [4.78, 5) is 6.31. The molecule has 0 spiro atoms. The summed E-state index contributed by atoms with van der Waals surface area (Å²) in [5.74, 6) is 2.76. The Kier molecular flexibility index (Phi) is 9.24. The van der Waals surface area contributed by atoms with Crippen molar-refractivity contribution in [1.29, 1.82) is 0 Å². The Bertz CT molecular complexity index is 835. The van der Waals surface area contributed by atoms with Crippen LogP contribution in [0.4, 0.5) is 0 Å². The van der Waals surface area contributed by atoms with Gasteiger partial charge in [-0.15, -0.1) is 0 Å². The molecule has 4 heteroatoms. The first-order valence-electron chi connectivity index (χ1n) is 11.9. The van der Waals surface area contributed by atoms with Crippen molar-refractivity contribution in [2.45, 2.75) is 102 Å². The van der Waals surface area contributed by atoms with Crippen molar-refractivity contribution in [3.63, 3.8) is 0 Å². The molecule has 0 bridgehead atoms. The van der Waals surface area contributed by atoms with Crippen LogP contribution in [0.1, 0.15) is 102 Å². The van der Waals surface area contributed by atoms with E-state index >= 15 is 0 Å². The molecule has 0 saturated carbocycles. The summed E-state index contributed by atoms with van der Waals surface area (Å²) in [5, 5.41) is 0. The standard InChI is InChI=1S/C26H40S2.2Ga.4H/c1-15(2)19(9)11-21-14-24(28-25(21)18(7)8)26-22(12-20(10)16(3)4)13-23(27-26)17(5)6;;;;;;/h13-18H,11-12H2,1-10H3;;;;;;. The minimum atomic E-state index is 0.505. The zero-order valence-corrected chi connectivity index (χ0v) is 31.7. The van der Waals surface area contributed by atoms with E-state index in [4.69, 9.17) is 0 Å². The van der Waals surface area contributed by atoms with E-state index in [-0.39, 0.29) is 0 Å². The monoisotopic (exact) mass is 558 g/mol. The first-order valence-corrected chi connectivity index (χ1v) is 17.7. The Hall–Kier alpha value is 0.673. The molecule has 2 aromatic rings. The van der Waals surface area contributed by atoms with Crippen LogP contribution in [-0.4, -0.2) is 37.2 Å². The summed E-state index contributed by atoms with van der Waals surface area (Å²) in [6, 6.07) is 5.15. The van der Waals surface area contributed by atoms with Crippen molar-refractivity contribution in [1.82, 2.24) is 0 Å². The van der Waals surface area contributed by atoms with Gasteiger partial charge in [-0.3, -0.25) is 0 Å². The van der Waals surface area contributed by atoms with Crippen molar-refractivity contribution >= 4 is 59.9 Å². The van der Waals surface area contributed by atoms with Gasteiger partial charge < -0.3 is 0 Å². The molecule has 166 valence electrons. The number of hydrogen-bond donors (Lipinski definition) is 0. The van der Waals surface area contributed by atoms with Crippen molar-refractivity contribution < 1.29 is 0 Å². The molecule has 0 aromatic carbocycles. The normalized spacial score (nSPS) is 16.6. The Balaban J connectivity index is 2.56.